The number of likely N-dealkylation sites (tertiary alicyclic amines) is 1. The van der Waals surface area contributed by atoms with Crippen LogP contribution in [0, 0.1) is 11.3 Å². The lowest BCUT2D eigenvalue weighted by atomic mass is 10.1. The van der Waals surface area contributed by atoms with E-state index in [2.05, 4.69) is 15.9 Å². The zero-order valence-electron chi connectivity index (χ0n) is 10.1. The summed E-state index contributed by atoms with van der Waals surface area (Å²) in [6, 6.07) is 7.03. The van der Waals surface area contributed by atoms with Crippen LogP contribution in [0.15, 0.2) is 22.7 Å². The maximum Gasteiger partial charge on any atom is 0.209 e. The fourth-order valence-electron chi connectivity index (χ4n) is 1.99. The van der Waals surface area contributed by atoms with Crippen molar-refractivity contribution >= 4 is 22.3 Å². The number of rotatable bonds is 3. The average molecular weight is 327 g/mol. The monoisotopic (exact) mass is 326 g/mol. The molecule has 4 nitrogen and oxygen atoms in total. The second-order valence-electron chi connectivity index (χ2n) is 4.31. The smallest absolute Gasteiger partial charge is 0.209 e. The minimum absolute atomic E-state index is 0.0343. The van der Waals surface area contributed by atoms with Crippen molar-refractivity contribution in [1.29, 1.82) is 5.26 Å². The van der Waals surface area contributed by atoms with E-state index in [-0.39, 0.29) is 6.54 Å². The molecule has 0 N–H and O–H groups in total. The molecular formula is C13H12BrFN2O2. The standard InChI is InChI=1S/C13H12BrFN2O2/c14-10-1-2-12(9(5-10)6-16)19-13-3-4-17(8-18)7-11(13)15/h1-2,5,8,11,13H,3-4,7H2/t11-,13-/m0/s1. The van der Waals surface area contributed by atoms with Crippen molar-refractivity contribution in [2.45, 2.75) is 18.7 Å². The molecule has 0 radical (unpaired) electrons. The molecule has 0 bridgehead atoms. The van der Waals surface area contributed by atoms with E-state index in [9.17, 15) is 9.18 Å². The first-order chi connectivity index (χ1) is 9.13. The fraction of sp³-hybridized carbons (Fsp3) is 0.385. The second-order valence-corrected chi connectivity index (χ2v) is 5.23. The molecule has 1 saturated heterocycles. The van der Waals surface area contributed by atoms with Gasteiger partial charge in [-0.1, -0.05) is 15.9 Å². The van der Waals surface area contributed by atoms with Crippen LogP contribution in [0.25, 0.3) is 0 Å². The van der Waals surface area contributed by atoms with Gasteiger partial charge >= 0.3 is 0 Å². The van der Waals surface area contributed by atoms with Crippen LogP contribution in [-0.2, 0) is 4.79 Å². The predicted molar refractivity (Wildman–Crippen MR) is 70.4 cm³/mol. The summed E-state index contributed by atoms with van der Waals surface area (Å²) in [5.74, 6) is 0.373. The third kappa shape index (κ3) is 3.24. The van der Waals surface area contributed by atoms with Gasteiger partial charge in [-0.2, -0.15) is 5.26 Å². The number of amides is 1. The number of alkyl halides is 1. The lowest BCUT2D eigenvalue weighted by molar-refractivity contribution is -0.121. The summed E-state index contributed by atoms with van der Waals surface area (Å²) in [5, 5.41) is 9.02. The molecule has 0 aliphatic carbocycles. The van der Waals surface area contributed by atoms with Crippen LogP contribution in [-0.4, -0.2) is 36.7 Å². The van der Waals surface area contributed by atoms with Crippen LogP contribution in [0.4, 0.5) is 4.39 Å². The summed E-state index contributed by atoms with van der Waals surface area (Å²) in [7, 11) is 0. The zero-order valence-corrected chi connectivity index (χ0v) is 11.6. The Morgan fingerprint density at radius 2 is 2.37 bits per heavy atom. The Balaban J connectivity index is 2.10. The Hall–Kier alpha value is -1.61. The Labute approximate surface area is 118 Å². The van der Waals surface area contributed by atoms with Gasteiger partial charge in [0.2, 0.25) is 6.41 Å². The normalized spacial score (nSPS) is 22.7. The van der Waals surface area contributed by atoms with Crippen LogP contribution in [0.2, 0.25) is 0 Å². The highest BCUT2D eigenvalue weighted by Gasteiger charge is 2.30. The summed E-state index contributed by atoms with van der Waals surface area (Å²) in [6.45, 7) is 0.500. The van der Waals surface area contributed by atoms with Gasteiger partial charge in [0, 0.05) is 17.4 Å². The van der Waals surface area contributed by atoms with E-state index in [4.69, 9.17) is 10.00 Å². The summed E-state index contributed by atoms with van der Waals surface area (Å²) in [5.41, 5.74) is 0.361. The maximum absolute atomic E-state index is 13.9. The number of hydrogen-bond acceptors (Lipinski definition) is 3. The number of hydrogen-bond donors (Lipinski definition) is 0. The number of benzene rings is 1. The van der Waals surface area contributed by atoms with E-state index >= 15 is 0 Å². The predicted octanol–water partition coefficient (Wildman–Crippen LogP) is 2.27. The summed E-state index contributed by atoms with van der Waals surface area (Å²) in [4.78, 5) is 12.0. The minimum Gasteiger partial charge on any atom is -0.486 e. The van der Waals surface area contributed by atoms with Gasteiger partial charge in [-0.15, -0.1) is 0 Å². The topological polar surface area (TPSA) is 53.3 Å². The second kappa shape index (κ2) is 6.02. The van der Waals surface area contributed by atoms with E-state index < -0.39 is 12.3 Å². The summed E-state index contributed by atoms with van der Waals surface area (Å²) in [6.07, 6.45) is -0.803. The molecule has 1 aliphatic heterocycles. The SMILES string of the molecule is N#Cc1cc(Br)ccc1O[C@H]1CCN(C=O)C[C@@H]1F. The van der Waals surface area contributed by atoms with E-state index in [1.54, 1.807) is 18.2 Å². The highest BCUT2D eigenvalue weighted by molar-refractivity contribution is 9.10. The molecule has 1 aliphatic rings. The van der Waals surface area contributed by atoms with Gasteiger partial charge in [-0.05, 0) is 18.2 Å². The van der Waals surface area contributed by atoms with Gasteiger partial charge in [-0.25, -0.2) is 4.39 Å². The molecule has 1 amide bonds. The quantitative estimate of drug-likeness (QED) is 0.801. The first-order valence-electron chi connectivity index (χ1n) is 5.83. The Bertz CT molecular complexity index is 518. The van der Waals surface area contributed by atoms with Crippen molar-refractivity contribution in [1.82, 2.24) is 4.90 Å². The molecule has 1 aromatic carbocycles. The number of piperidine rings is 1. The Kier molecular flexibility index (Phi) is 4.38. The molecule has 1 heterocycles. The van der Waals surface area contributed by atoms with E-state index in [1.165, 1.54) is 4.90 Å². The average Bonchev–Trinajstić information content (AvgIpc) is 2.42. The first kappa shape index (κ1) is 13.8. The largest absolute Gasteiger partial charge is 0.486 e. The zero-order chi connectivity index (χ0) is 13.8. The Morgan fingerprint density at radius 1 is 1.58 bits per heavy atom. The molecular weight excluding hydrogens is 315 g/mol. The molecule has 2 atom stereocenters. The van der Waals surface area contributed by atoms with Crippen LogP contribution in [0.1, 0.15) is 12.0 Å². The number of carbonyl (C=O) groups is 1. The van der Waals surface area contributed by atoms with Crippen molar-refractivity contribution < 1.29 is 13.9 Å². The summed E-state index contributed by atoms with van der Waals surface area (Å²) < 4.78 is 20.2. The van der Waals surface area contributed by atoms with Gasteiger partial charge in [0.05, 0.1) is 12.1 Å². The molecule has 2 rings (SSSR count). The van der Waals surface area contributed by atoms with Crippen LogP contribution < -0.4 is 4.74 Å². The van der Waals surface area contributed by atoms with Gasteiger partial charge in [0.1, 0.15) is 17.9 Å². The first-order valence-corrected chi connectivity index (χ1v) is 6.63. The molecule has 6 heteroatoms. The molecule has 1 fully saturated rings. The number of nitrogens with zero attached hydrogens (tertiary/aromatic N) is 2. The Morgan fingerprint density at radius 3 is 3.00 bits per heavy atom. The molecule has 100 valence electrons. The van der Waals surface area contributed by atoms with Crippen molar-refractivity contribution in [3.8, 4) is 11.8 Å². The van der Waals surface area contributed by atoms with Crippen LogP contribution in [0.3, 0.4) is 0 Å². The van der Waals surface area contributed by atoms with E-state index in [1.807, 2.05) is 6.07 Å². The highest BCUT2D eigenvalue weighted by Crippen LogP contribution is 2.26. The van der Waals surface area contributed by atoms with Gasteiger partial charge in [-0.3, -0.25) is 4.79 Å². The summed E-state index contributed by atoms with van der Waals surface area (Å²) >= 11 is 3.27. The van der Waals surface area contributed by atoms with Crippen molar-refractivity contribution in [3.63, 3.8) is 0 Å². The van der Waals surface area contributed by atoms with Crippen molar-refractivity contribution in [2.75, 3.05) is 13.1 Å². The molecule has 0 spiro atoms. The van der Waals surface area contributed by atoms with Crippen molar-refractivity contribution in [2.24, 2.45) is 0 Å². The lowest BCUT2D eigenvalue weighted by Gasteiger charge is -2.32. The number of nitriles is 1. The van der Waals surface area contributed by atoms with Crippen molar-refractivity contribution in [3.05, 3.63) is 28.2 Å². The number of halogens is 2. The van der Waals surface area contributed by atoms with Gasteiger partial charge in [0.25, 0.3) is 0 Å². The van der Waals surface area contributed by atoms with E-state index in [0.717, 1.165) is 4.47 Å². The maximum atomic E-state index is 13.9. The molecule has 0 aromatic heterocycles. The van der Waals surface area contributed by atoms with E-state index in [0.29, 0.717) is 30.7 Å². The van der Waals surface area contributed by atoms with Gasteiger partial charge in [0.15, 0.2) is 6.17 Å². The highest BCUT2D eigenvalue weighted by atomic mass is 79.9. The molecule has 0 unspecified atom stereocenters. The minimum atomic E-state index is -1.24. The molecule has 0 saturated carbocycles. The number of carbonyl (C=O) groups excluding carboxylic acids is 1. The lowest BCUT2D eigenvalue weighted by Crippen LogP contribution is -2.46. The third-order valence-electron chi connectivity index (χ3n) is 3.00. The van der Waals surface area contributed by atoms with Crippen LogP contribution in [0.5, 0.6) is 5.75 Å². The third-order valence-corrected chi connectivity index (χ3v) is 3.50. The molecule has 19 heavy (non-hydrogen) atoms. The number of ether oxygens (including phenoxy) is 1. The molecule has 1 aromatic rings. The van der Waals surface area contributed by atoms with Crippen LogP contribution >= 0.6 is 15.9 Å². The fourth-order valence-corrected chi connectivity index (χ4v) is 2.35. The van der Waals surface area contributed by atoms with Gasteiger partial charge < -0.3 is 9.64 Å².